The van der Waals surface area contributed by atoms with Crippen molar-refractivity contribution in [3.63, 3.8) is 0 Å². The number of rotatable bonds is 2. The van der Waals surface area contributed by atoms with Crippen LogP contribution in [0.4, 0.5) is 5.95 Å². The van der Waals surface area contributed by atoms with Gasteiger partial charge in [-0.1, -0.05) is 18.2 Å². The summed E-state index contributed by atoms with van der Waals surface area (Å²) < 4.78 is 0. The van der Waals surface area contributed by atoms with E-state index in [1.54, 1.807) is 6.20 Å². The minimum atomic E-state index is -0.257. The highest BCUT2D eigenvalue weighted by molar-refractivity contribution is 6.12. The van der Waals surface area contributed by atoms with Crippen molar-refractivity contribution in [2.75, 3.05) is 5.32 Å². The Morgan fingerprint density at radius 2 is 1.95 bits per heavy atom. The van der Waals surface area contributed by atoms with Gasteiger partial charge in [-0.05, 0) is 19.9 Å². The van der Waals surface area contributed by atoms with Crippen molar-refractivity contribution in [3.8, 4) is 0 Å². The van der Waals surface area contributed by atoms with Crippen molar-refractivity contribution in [2.45, 2.75) is 13.8 Å². The first-order chi connectivity index (χ1) is 9.65. The highest BCUT2D eigenvalue weighted by atomic mass is 16.1. The molecule has 0 spiro atoms. The molecular weight excluding hydrogens is 254 g/mol. The van der Waals surface area contributed by atoms with Crippen LogP contribution in [0.1, 0.15) is 21.7 Å². The third-order valence-corrected chi connectivity index (χ3v) is 3.15. The number of nitrogens with one attached hydrogen (secondary N) is 2. The van der Waals surface area contributed by atoms with Gasteiger partial charge in [0.2, 0.25) is 5.95 Å². The Kier molecular flexibility index (Phi) is 2.90. The highest BCUT2D eigenvalue weighted by Gasteiger charge is 2.13. The Hall–Kier alpha value is -2.76. The number of nitrogens with zero attached hydrogens (tertiary/aromatic N) is 3. The van der Waals surface area contributed by atoms with Crippen LogP contribution in [0.5, 0.6) is 0 Å². The molecule has 0 atom stereocenters. The van der Waals surface area contributed by atoms with Crippen molar-refractivity contribution >= 4 is 22.8 Å². The number of fused-ring (bicyclic) bond motifs is 1. The lowest BCUT2D eigenvalue weighted by Gasteiger charge is -2.03. The van der Waals surface area contributed by atoms with E-state index in [2.05, 4.69) is 25.5 Å². The second kappa shape index (κ2) is 4.73. The Labute approximate surface area is 115 Å². The number of amides is 1. The molecule has 1 amide bonds. The van der Waals surface area contributed by atoms with Crippen LogP contribution in [0.2, 0.25) is 0 Å². The fraction of sp³-hybridized carbons (Fsp3) is 0.143. The molecule has 2 aromatic heterocycles. The molecule has 3 aromatic rings. The zero-order chi connectivity index (χ0) is 14.1. The molecule has 100 valence electrons. The molecule has 3 rings (SSSR count). The maximum Gasteiger partial charge on any atom is 0.260 e. The van der Waals surface area contributed by atoms with Crippen LogP contribution < -0.4 is 5.32 Å². The van der Waals surface area contributed by atoms with Crippen molar-refractivity contribution < 1.29 is 4.79 Å². The number of hydrogen-bond acceptors (Lipinski definition) is 4. The van der Waals surface area contributed by atoms with E-state index in [9.17, 15) is 4.79 Å². The SMILES string of the molecule is Cc1nnc(NC(=O)c2c[nH]c3ccccc23)nc1C. The summed E-state index contributed by atoms with van der Waals surface area (Å²) in [4.78, 5) is 19.5. The van der Waals surface area contributed by atoms with Gasteiger partial charge in [0.25, 0.3) is 5.91 Å². The summed E-state index contributed by atoms with van der Waals surface area (Å²) in [5.41, 5.74) is 2.96. The normalized spacial score (nSPS) is 10.7. The largest absolute Gasteiger partial charge is 0.360 e. The lowest BCUT2D eigenvalue weighted by molar-refractivity contribution is 0.102. The van der Waals surface area contributed by atoms with Crippen LogP contribution in [0.25, 0.3) is 10.9 Å². The molecule has 2 heterocycles. The van der Waals surface area contributed by atoms with Crippen LogP contribution in [0, 0.1) is 13.8 Å². The van der Waals surface area contributed by atoms with Crippen LogP contribution in [0.3, 0.4) is 0 Å². The zero-order valence-corrected chi connectivity index (χ0v) is 11.1. The van der Waals surface area contributed by atoms with Gasteiger partial charge in [-0.25, -0.2) is 4.98 Å². The Bertz CT molecular complexity index is 793. The summed E-state index contributed by atoms with van der Waals surface area (Å²) in [7, 11) is 0. The van der Waals surface area contributed by atoms with Crippen molar-refractivity contribution in [1.82, 2.24) is 20.2 Å². The van der Waals surface area contributed by atoms with Gasteiger partial charge in [0, 0.05) is 17.1 Å². The lowest BCUT2D eigenvalue weighted by Crippen LogP contribution is -2.15. The molecular formula is C14H13N5O. The second-order valence-corrected chi connectivity index (χ2v) is 4.51. The molecule has 0 unspecified atom stereocenters. The van der Waals surface area contributed by atoms with Gasteiger partial charge >= 0.3 is 0 Å². The zero-order valence-electron chi connectivity index (χ0n) is 11.1. The van der Waals surface area contributed by atoms with Gasteiger partial charge in [0.1, 0.15) is 0 Å². The minimum absolute atomic E-state index is 0.211. The molecule has 0 saturated heterocycles. The van der Waals surface area contributed by atoms with E-state index in [-0.39, 0.29) is 11.9 Å². The highest BCUT2D eigenvalue weighted by Crippen LogP contribution is 2.18. The maximum absolute atomic E-state index is 12.2. The number of hydrogen-bond donors (Lipinski definition) is 2. The summed E-state index contributed by atoms with van der Waals surface area (Å²) >= 11 is 0. The lowest BCUT2D eigenvalue weighted by atomic mass is 10.1. The summed E-state index contributed by atoms with van der Waals surface area (Å²) in [5, 5.41) is 11.3. The van der Waals surface area contributed by atoms with E-state index in [1.807, 2.05) is 38.1 Å². The van der Waals surface area contributed by atoms with Crippen LogP contribution in [-0.4, -0.2) is 26.1 Å². The Morgan fingerprint density at radius 3 is 2.75 bits per heavy atom. The smallest absolute Gasteiger partial charge is 0.260 e. The number of anilines is 1. The molecule has 20 heavy (non-hydrogen) atoms. The third-order valence-electron chi connectivity index (χ3n) is 3.15. The molecule has 0 aliphatic heterocycles. The topological polar surface area (TPSA) is 83.6 Å². The molecule has 0 saturated carbocycles. The number of para-hydroxylation sites is 1. The maximum atomic E-state index is 12.2. The average molecular weight is 267 g/mol. The van der Waals surface area contributed by atoms with Gasteiger partial charge in [-0.2, -0.15) is 5.10 Å². The first-order valence-electron chi connectivity index (χ1n) is 6.20. The van der Waals surface area contributed by atoms with Gasteiger partial charge < -0.3 is 4.98 Å². The second-order valence-electron chi connectivity index (χ2n) is 4.51. The van der Waals surface area contributed by atoms with E-state index >= 15 is 0 Å². The molecule has 0 aliphatic rings. The summed E-state index contributed by atoms with van der Waals surface area (Å²) in [6, 6.07) is 7.61. The summed E-state index contributed by atoms with van der Waals surface area (Å²) in [5.74, 6) is -0.0455. The fourth-order valence-corrected chi connectivity index (χ4v) is 1.94. The minimum Gasteiger partial charge on any atom is -0.360 e. The number of carbonyl (C=O) groups is 1. The van der Waals surface area contributed by atoms with Gasteiger partial charge in [0.05, 0.1) is 17.0 Å². The first kappa shape index (κ1) is 12.3. The van der Waals surface area contributed by atoms with Crippen LogP contribution in [-0.2, 0) is 0 Å². The molecule has 1 aromatic carbocycles. The van der Waals surface area contributed by atoms with E-state index in [1.165, 1.54) is 0 Å². The predicted molar refractivity (Wildman–Crippen MR) is 75.6 cm³/mol. The summed E-state index contributed by atoms with van der Waals surface area (Å²) in [6.07, 6.45) is 1.68. The molecule has 6 nitrogen and oxygen atoms in total. The van der Waals surface area contributed by atoms with E-state index in [4.69, 9.17) is 0 Å². The Balaban J connectivity index is 1.91. The van der Waals surface area contributed by atoms with E-state index in [0.29, 0.717) is 5.56 Å². The molecule has 6 heteroatoms. The van der Waals surface area contributed by atoms with Gasteiger partial charge in [-0.3, -0.25) is 10.1 Å². The molecule has 0 aliphatic carbocycles. The number of H-pyrrole nitrogens is 1. The van der Waals surface area contributed by atoms with Crippen LogP contribution in [0.15, 0.2) is 30.5 Å². The first-order valence-corrected chi connectivity index (χ1v) is 6.20. The molecule has 0 radical (unpaired) electrons. The standard InChI is InChI=1S/C14H13N5O/c1-8-9(2)18-19-14(16-8)17-13(20)11-7-15-12-6-4-3-5-10(11)12/h3-7,15H,1-2H3,(H,16,17,19,20). The molecule has 0 bridgehead atoms. The third kappa shape index (κ3) is 2.11. The quantitative estimate of drug-likeness (QED) is 0.745. The monoisotopic (exact) mass is 267 g/mol. The number of benzene rings is 1. The molecule has 0 fully saturated rings. The average Bonchev–Trinajstić information content (AvgIpc) is 2.87. The fourth-order valence-electron chi connectivity index (χ4n) is 1.94. The van der Waals surface area contributed by atoms with Crippen molar-refractivity contribution in [1.29, 1.82) is 0 Å². The van der Waals surface area contributed by atoms with E-state index in [0.717, 1.165) is 22.3 Å². The number of aryl methyl sites for hydroxylation is 2. The Morgan fingerprint density at radius 1 is 1.15 bits per heavy atom. The van der Waals surface area contributed by atoms with Gasteiger partial charge in [-0.15, -0.1) is 5.10 Å². The van der Waals surface area contributed by atoms with Crippen molar-refractivity contribution in [3.05, 3.63) is 47.4 Å². The number of carbonyl (C=O) groups excluding carboxylic acids is 1. The molecule has 2 N–H and O–H groups in total. The van der Waals surface area contributed by atoms with Crippen LogP contribution >= 0.6 is 0 Å². The number of aromatic amines is 1. The summed E-state index contributed by atoms with van der Waals surface area (Å²) in [6.45, 7) is 3.64. The van der Waals surface area contributed by atoms with E-state index < -0.39 is 0 Å². The predicted octanol–water partition coefficient (Wildman–Crippen LogP) is 2.22. The van der Waals surface area contributed by atoms with Gasteiger partial charge in [0.15, 0.2) is 0 Å². The van der Waals surface area contributed by atoms with Crippen molar-refractivity contribution in [2.24, 2.45) is 0 Å². The number of aromatic nitrogens is 4.